The van der Waals surface area contributed by atoms with Crippen LogP contribution in [-0.4, -0.2) is 121 Å². The molecule has 0 bridgehead atoms. The average Bonchev–Trinajstić information content (AvgIpc) is 2.89. The normalized spacial score (nSPS) is 11.6. The number of carbonyl (C=O) groups is 1. The van der Waals surface area contributed by atoms with Gasteiger partial charge in [-0.15, -0.1) is 0 Å². The Morgan fingerprint density at radius 3 is 1.32 bits per heavy atom. The second kappa shape index (κ2) is 22.3. The Morgan fingerprint density at radius 2 is 0.946 bits per heavy atom. The van der Waals surface area contributed by atoms with Gasteiger partial charge in [0, 0.05) is 0 Å². The molecule has 1 aromatic carbocycles. The molecule has 0 aliphatic carbocycles. The van der Waals surface area contributed by atoms with Gasteiger partial charge in [-0.3, -0.25) is 4.18 Å². The van der Waals surface area contributed by atoms with Crippen LogP contribution >= 0.6 is 0 Å². The molecule has 1 aromatic rings. The summed E-state index contributed by atoms with van der Waals surface area (Å²) in [5.41, 5.74) is 0.972. The summed E-state index contributed by atoms with van der Waals surface area (Å²) in [6.45, 7) is 6.79. The van der Waals surface area contributed by atoms with Gasteiger partial charge in [0.1, 0.15) is 6.61 Å². The summed E-state index contributed by atoms with van der Waals surface area (Å²) in [5.74, 6) is -0.417. The van der Waals surface area contributed by atoms with E-state index in [4.69, 9.17) is 37.3 Å². The maximum Gasteiger partial charge on any atom is 0.331 e. The first-order chi connectivity index (χ1) is 18.0. The molecule has 214 valence electrons. The minimum atomic E-state index is -3.77. The Kier molecular flexibility index (Phi) is 20.1. The van der Waals surface area contributed by atoms with Crippen LogP contribution in [0.4, 0.5) is 0 Å². The summed E-state index contributed by atoms with van der Waals surface area (Å²) in [4.78, 5) is 10.9. The van der Waals surface area contributed by atoms with Crippen molar-refractivity contribution in [1.82, 2.24) is 0 Å². The Morgan fingerprint density at radius 1 is 0.595 bits per heavy atom. The molecule has 0 aliphatic heterocycles. The summed E-state index contributed by atoms with van der Waals surface area (Å²) in [6.07, 6.45) is 0. The molecule has 37 heavy (non-hydrogen) atoms. The van der Waals surface area contributed by atoms with E-state index in [1.807, 2.05) is 6.92 Å². The van der Waals surface area contributed by atoms with Crippen LogP contribution < -0.4 is 0 Å². The highest BCUT2D eigenvalue weighted by atomic mass is 32.2. The summed E-state index contributed by atoms with van der Waals surface area (Å²) in [5, 5.41) is 0. The van der Waals surface area contributed by atoms with Gasteiger partial charge < -0.3 is 37.9 Å². The number of ether oxygens (including phenoxy) is 8. The fourth-order valence-corrected chi connectivity index (χ4v) is 3.40. The van der Waals surface area contributed by atoms with Gasteiger partial charge in [0.2, 0.25) is 0 Å². The number of methoxy groups -OCH3 is 1. The van der Waals surface area contributed by atoms with Crippen molar-refractivity contribution in [2.45, 2.75) is 11.8 Å². The maximum atomic E-state index is 12.0. The Hall–Kier alpha value is -1.68. The first-order valence-electron chi connectivity index (χ1n) is 12.0. The monoisotopic (exact) mass is 552 g/mol. The average molecular weight is 553 g/mol. The van der Waals surface area contributed by atoms with Crippen molar-refractivity contribution in [2.75, 3.05) is 106 Å². The van der Waals surface area contributed by atoms with E-state index in [1.54, 1.807) is 12.1 Å². The molecule has 0 radical (unpaired) electrons. The number of hydrogen-bond acceptors (Lipinski definition) is 12. The van der Waals surface area contributed by atoms with Gasteiger partial charge in [-0.2, -0.15) is 8.42 Å². The van der Waals surface area contributed by atoms with Crippen LogP contribution in [0.25, 0.3) is 0 Å². The van der Waals surface area contributed by atoms with E-state index in [0.717, 1.165) is 5.56 Å². The first-order valence-corrected chi connectivity index (χ1v) is 13.4. The quantitative estimate of drug-likeness (QED) is 0.0972. The molecule has 1 rings (SSSR count). The van der Waals surface area contributed by atoms with Crippen molar-refractivity contribution in [2.24, 2.45) is 0 Å². The zero-order valence-corrected chi connectivity index (χ0v) is 22.5. The fraction of sp³-hybridized carbons (Fsp3) is 0.708. The molecule has 12 nitrogen and oxygen atoms in total. The second-order valence-corrected chi connectivity index (χ2v) is 9.01. The Balaban J connectivity index is 1.76. The van der Waals surface area contributed by atoms with Gasteiger partial charge in [0.25, 0.3) is 10.1 Å². The molecule has 0 amide bonds. The van der Waals surface area contributed by atoms with Crippen LogP contribution in [0, 0.1) is 6.92 Å². The molecule has 0 saturated carbocycles. The third kappa shape index (κ3) is 19.1. The number of aryl methyl sites for hydroxylation is 1. The minimum Gasteiger partial charge on any atom is -0.467 e. The molecule has 0 aliphatic rings. The minimum absolute atomic E-state index is 0.0622. The lowest BCUT2D eigenvalue weighted by atomic mass is 10.2. The highest BCUT2D eigenvalue weighted by Crippen LogP contribution is 2.12. The molecule has 0 N–H and O–H groups in total. The van der Waals surface area contributed by atoms with E-state index in [2.05, 4.69) is 4.74 Å². The number of esters is 1. The van der Waals surface area contributed by atoms with E-state index >= 15 is 0 Å². The third-order valence-electron chi connectivity index (χ3n) is 4.46. The molecular formula is C24H40O12S. The maximum absolute atomic E-state index is 12.0. The highest BCUT2D eigenvalue weighted by Gasteiger charge is 2.14. The lowest BCUT2D eigenvalue weighted by Gasteiger charge is -2.09. The van der Waals surface area contributed by atoms with E-state index in [1.165, 1.54) is 19.2 Å². The molecule has 0 heterocycles. The van der Waals surface area contributed by atoms with E-state index < -0.39 is 16.1 Å². The van der Waals surface area contributed by atoms with Crippen molar-refractivity contribution in [1.29, 1.82) is 0 Å². The molecule has 0 atom stereocenters. The van der Waals surface area contributed by atoms with Crippen molar-refractivity contribution < 1.29 is 55.3 Å². The van der Waals surface area contributed by atoms with E-state index in [9.17, 15) is 13.2 Å². The smallest absolute Gasteiger partial charge is 0.331 e. The molecule has 13 heteroatoms. The van der Waals surface area contributed by atoms with Gasteiger partial charge in [0.15, 0.2) is 0 Å². The first kappa shape index (κ1) is 33.3. The molecule has 0 unspecified atom stereocenters. The van der Waals surface area contributed by atoms with Gasteiger partial charge in [-0.25, -0.2) is 4.79 Å². The van der Waals surface area contributed by atoms with E-state index in [0.29, 0.717) is 79.3 Å². The van der Waals surface area contributed by atoms with E-state index in [-0.39, 0.29) is 24.7 Å². The Labute approximate surface area is 219 Å². The van der Waals surface area contributed by atoms with Crippen molar-refractivity contribution >= 4 is 16.1 Å². The van der Waals surface area contributed by atoms with Crippen molar-refractivity contribution in [3.8, 4) is 0 Å². The van der Waals surface area contributed by atoms with Gasteiger partial charge in [0.05, 0.1) is 105 Å². The zero-order valence-electron chi connectivity index (χ0n) is 21.7. The third-order valence-corrected chi connectivity index (χ3v) is 5.78. The summed E-state index contributed by atoms with van der Waals surface area (Å²) in [6, 6.07) is 6.46. The molecule has 0 saturated heterocycles. The number of carbonyl (C=O) groups excluding carboxylic acids is 1. The Bertz CT molecular complexity index is 785. The van der Waals surface area contributed by atoms with Crippen LogP contribution in [0.3, 0.4) is 0 Å². The van der Waals surface area contributed by atoms with Crippen LogP contribution in [0.1, 0.15) is 5.56 Å². The highest BCUT2D eigenvalue weighted by molar-refractivity contribution is 7.86. The summed E-state index contributed by atoms with van der Waals surface area (Å²) < 4.78 is 70.6. The standard InChI is InChI=1S/C24H40O12S/c1-22-3-5-23(6-4-22)37(26,27)36-20-19-34-16-15-32-12-11-30-8-7-29-9-10-31-13-14-33-17-18-35-21-24(25)28-2/h3-6H,7-21H2,1-2H3. The lowest BCUT2D eigenvalue weighted by Crippen LogP contribution is -2.16. The van der Waals surface area contributed by atoms with Crippen molar-refractivity contribution in [3.63, 3.8) is 0 Å². The topological polar surface area (TPSA) is 134 Å². The zero-order chi connectivity index (χ0) is 27.0. The number of rotatable bonds is 25. The summed E-state index contributed by atoms with van der Waals surface area (Å²) in [7, 11) is -2.46. The van der Waals surface area contributed by atoms with Crippen molar-refractivity contribution in [3.05, 3.63) is 29.8 Å². The van der Waals surface area contributed by atoms with Gasteiger partial charge in [-0.05, 0) is 19.1 Å². The van der Waals surface area contributed by atoms with Gasteiger partial charge >= 0.3 is 5.97 Å². The SMILES string of the molecule is COC(=O)COCCOCCOCCOCCOCCOCCOCCOS(=O)(=O)c1ccc(C)cc1. The fourth-order valence-electron chi connectivity index (χ4n) is 2.51. The van der Waals surface area contributed by atoms with Crippen LogP contribution in [0.5, 0.6) is 0 Å². The molecule has 0 spiro atoms. The van der Waals surface area contributed by atoms with Crippen LogP contribution in [-0.2, 0) is 57.0 Å². The number of hydrogen-bond donors (Lipinski definition) is 0. The van der Waals surface area contributed by atoms with Crippen LogP contribution in [0.2, 0.25) is 0 Å². The molecule has 0 fully saturated rings. The molecule has 0 aromatic heterocycles. The van der Waals surface area contributed by atoms with Gasteiger partial charge in [-0.1, -0.05) is 17.7 Å². The van der Waals surface area contributed by atoms with Crippen LogP contribution in [0.15, 0.2) is 29.2 Å². The molecular weight excluding hydrogens is 512 g/mol. The predicted molar refractivity (Wildman–Crippen MR) is 132 cm³/mol. The predicted octanol–water partition coefficient (Wildman–Crippen LogP) is 0.990. The largest absolute Gasteiger partial charge is 0.467 e. The summed E-state index contributed by atoms with van der Waals surface area (Å²) >= 11 is 0. The second-order valence-electron chi connectivity index (χ2n) is 7.39. The number of benzene rings is 1. The lowest BCUT2D eigenvalue weighted by molar-refractivity contribution is -0.146.